The van der Waals surface area contributed by atoms with Crippen molar-refractivity contribution >= 4 is 68.1 Å². The molecule has 1 aliphatic rings. The fourth-order valence-corrected chi connectivity index (χ4v) is 5.10. The minimum atomic E-state index is -0.495. The summed E-state index contributed by atoms with van der Waals surface area (Å²) in [4.78, 5) is 38.9. The molecule has 37 heavy (non-hydrogen) atoms. The van der Waals surface area contributed by atoms with E-state index in [9.17, 15) is 18.8 Å². The first-order valence-corrected chi connectivity index (χ1v) is 13.1. The topological polar surface area (TPSA) is 75.7 Å². The standard InChI is InChI=1S/C27H21BrClFN2O4S/c1-15-9-21(28)23(10-16(15)2)31-25(33)14-36-20-7-3-17(4-8-20)11-24-26(34)32(27(35)37-24)13-18-5-6-19(30)12-22(18)29/h3-12H,13-14H2,1-2H3,(H,31,33)/b24-11+. The van der Waals surface area contributed by atoms with Crippen molar-refractivity contribution in [1.82, 2.24) is 4.90 Å². The average molecular weight is 604 g/mol. The van der Waals surface area contributed by atoms with Crippen LogP contribution < -0.4 is 10.1 Å². The van der Waals surface area contributed by atoms with E-state index in [1.54, 1.807) is 30.3 Å². The molecule has 1 saturated heterocycles. The van der Waals surface area contributed by atoms with Gasteiger partial charge in [0, 0.05) is 9.50 Å². The highest BCUT2D eigenvalue weighted by Crippen LogP contribution is 2.34. The number of nitrogens with zero attached hydrogens (tertiary/aromatic N) is 1. The summed E-state index contributed by atoms with van der Waals surface area (Å²) >= 11 is 10.3. The van der Waals surface area contributed by atoms with E-state index in [0.29, 0.717) is 22.6 Å². The van der Waals surface area contributed by atoms with Gasteiger partial charge in [-0.2, -0.15) is 0 Å². The van der Waals surface area contributed by atoms with Gasteiger partial charge in [0.05, 0.1) is 17.1 Å². The number of aryl methyl sites for hydroxylation is 2. The summed E-state index contributed by atoms with van der Waals surface area (Å²) in [6, 6.07) is 14.4. The van der Waals surface area contributed by atoms with Crippen LogP contribution in [-0.4, -0.2) is 28.6 Å². The zero-order valence-corrected chi connectivity index (χ0v) is 23.0. The maximum absolute atomic E-state index is 13.3. The highest BCUT2D eigenvalue weighted by molar-refractivity contribution is 9.10. The molecule has 3 aromatic carbocycles. The van der Waals surface area contributed by atoms with Crippen molar-refractivity contribution in [3.05, 3.63) is 97.1 Å². The number of carbonyl (C=O) groups is 3. The Morgan fingerprint density at radius 2 is 1.81 bits per heavy atom. The molecule has 0 spiro atoms. The van der Waals surface area contributed by atoms with Gasteiger partial charge in [-0.3, -0.25) is 19.3 Å². The normalized spacial score (nSPS) is 14.4. The molecule has 3 amide bonds. The molecular weight excluding hydrogens is 583 g/mol. The summed E-state index contributed by atoms with van der Waals surface area (Å²) in [6.45, 7) is 3.74. The van der Waals surface area contributed by atoms with Gasteiger partial charge in [-0.25, -0.2) is 4.39 Å². The molecule has 1 fully saturated rings. The lowest BCUT2D eigenvalue weighted by Crippen LogP contribution is -2.27. The fourth-order valence-electron chi connectivity index (χ4n) is 3.48. The molecule has 3 aromatic rings. The number of carbonyl (C=O) groups excluding carboxylic acids is 3. The SMILES string of the molecule is Cc1cc(Br)c(NC(=O)COc2ccc(/C=C3/SC(=O)N(Cc4ccc(F)cc4Cl)C3=O)cc2)cc1C. The first-order chi connectivity index (χ1) is 17.6. The number of imide groups is 1. The Bertz CT molecular complexity index is 1430. The Morgan fingerprint density at radius 3 is 2.51 bits per heavy atom. The Balaban J connectivity index is 1.35. The second kappa shape index (κ2) is 11.5. The number of amides is 3. The van der Waals surface area contributed by atoms with Gasteiger partial charge in [0.25, 0.3) is 17.1 Å². The van der Waals surface area contributed by atoms with Crippen LogP contribution in [0.2, 0.25) is 5.02 Å². The molecule has 0 bridgehead atoms. The van der Waals surface area contributed by atoms with E-state index < -0.39 is 17.0 Å². The lowest BCUT2D eigenvalue weighted by Gasteiger charge is -2.13. The predicted octanol–water partition coefficient (Wildman–Crippen LogP) is 7.11. The van der Waals surface area contributed by atoms with Gasteiger partial charge >= 0.3 is 0 Å². The molecular formula is C27H21BrClFN2O4S. The smallest absolute Gasteiger partial charge is 0.293 e. The van der Waals surface area contributed by atoms with Crippen LogP contribution in [0.15, 0.2) is 64.0 Å². The molecule has 0 atom stereocenters. The van der Waals surface area contributed by atoms with Crippen LogP contribution in [0.25, 0.3) is 6.08 Å². The van der Waals surface area contributed by atoms with Crippen LogP contribution in [0.1, 0.15) is 22.3 Å². The Labute approximate surface area is 231 Å². The quantitative estimate of drug-likeness (QED) is 0.291. The van der Waals surface area contributed by atoms with E-state index >= 15 is 0 Å². The average Bonchev–Trinajstić information content (AvgIpc) is 3.11. The minimum Gasteiger partial charge on any atom is -0.484 e. The highest BCUT2D eigenvalue weighted by atomic mass is 79.9. The third kappa shape index (κ3) is 6.60. The van der Waals surface area contributed by atoms with Crippen LogP contribution in [-0.2, 0) is 16.1 Å². The van der Waals surface area contributed by atoms with Gasteiger partial charge in [0.2, 0.25) is 0 Å². The summed E-state index contributed by atoms with van der Waals surface area (Å²) in [5.74, 6) is -0.774. The van der Waals surface area contributed by atoms with Crippen LogP contribution >= 0.6 is 39.3 Å². The molecule has 1 heterocycles. The number of thioether (sulfide) groups is 1. The van der Waals surface area contributed by atoms with E-state index in [2.05, 4.69) is 21.2 Å². The van der Waals surface area contributed by atoms with Crippen LogP contribution in [0.3, 0.4) is 0 Å². The van der Waals surface area contributed by atoms with Gasteiger partial charge in [0.1, 0.15) is 11.6 Å². The largest absolute Gasteiger partial charge is 0.484 e. The molecule has 4 rings (SSSR count). The number of halogens is 3. The van der Waals surface area contributed by atoms with Crippen LogP contribution in [0.5, 0.6) is 5.75 Å². The van der Waals surface area contributed by atoms with Crippen molar-refractivity contribution < 1.29 is 23.5 Å². The van der Waals surface area contributed by atoms with E-state index in [-0.39, 0.29) is 29.0 Å². The molecule has 190 valence electrons. The third-order valence-corrected chi connectivity index (χ3v) is 7.54. The molecule has 0 saturated carbocycles. The van der Waals surface area contributed by atoms with Crippen molar-refractivity contribution in [2.24, 2.45) is 0 Å². The Hall–Kier alpha value is -3.14. The van der Waals surface area contributed by atoms with E-state index in [4.69, 9.17) is 16.3 Å². The van der Waals surface area contributed by atoms with Crippen molar-refractivity contribution in [3.63, 3.8) is 0 Å². The number of nitrogens with one attached hydrogen (secondary N) is 1. The summed E-state index contributed by atoms with van der Waals surface area (Å²) in [7, 11) is 0. The first kappa shape index (κ1) is 26.9. The lowest BCUT2D eigenvalue weighted by molar-refractivity contribution is -0.123. The van der Waals surface area contributed by atoms with Crippen molar-refractivity contribution in [2.45, 2.75) is 20.4 Å². The van der Waals surface area contributed by atoms with Crippen LogP contribution in [0.4, 0.5) is 14.9 Å². The molecule has 10 heteroatoms. The van der Waals surface area contributed by atoms with Crippen molar-refractivity contribution in [1.29, 1.82) is 0 Å². The first-order valence-electron chi connectivity index (χ1n) is 11.1. The highest BCUT2D eigenvalue weighted by Gasteiger charge is 2.35. The van der Waals surface area contributed by atoms with Gasteiger partial charge in [-0.15, -0.1) is 0 Å². The summed E-state index contributed by atoms with van der Waals surface area (Å²) in [5, 5.41) is 2.54. The number of benzene rings is 3. The molecule has 0 aliphatic carbocycles. The zero-order valence-electron chi connectivity index (χ0n) is 19.8. The second-order valence-corrected chi connectivity index (χ2v) is 10.6. The molecule has 0 unspecified atom stereocenters. The summed E-state index contributed by atoms with van der Waals surface area (Å²) < 4.78 is 19.7. The summed E-state index contributed by atoms with van der Waals surface area (Å²) in [6.07, 6.45) is 1.60. The zero-order chi connectivity index (χ0) is 26.7. The van der Waals surface area contributed by atoms with Gasteiger partial charge in [-0.1, -0.05) is 29.8 Å². The molecule has 6 nitrogen and oxygen atoms in total. The second-order valence-electron chi connectivity index (χ2n) is 8.33. The minimum absolute atomic E-state index is 0.0469. The number of hydrogen-bond acceptors (Lipinski definition) is 5. The monoisotopic (exact) mass is 602 g/mol. The van der Waals surface area contributed by atoms with Crippen molar-refractivity contribution in [3.8, 4) is 5.75 Å². The van der Waals surface area contributed by atoms with Crippen molar-refractivity contribution in [2.75, 3.05) is 11.9 Å². The lowest BCUT2D eigenvalue weighted by atomic mass is 10.1. The maximum atomic E-state index is 13.3. The fraction of sp³-hybridized carbons (Fsp3) is 0.148. The maximum Gasteiger partial charge on any atom is 0.293 e. The number of rotatable bonds is 7. The van der Waals surface area contributed by atoms with Crippen LogP contribution in [0, 0.1) is 19.7 Å². The van der Waals surface area contributed by atoms with Gasteiger partial charge < -0.3 is 10.1 Å². The van der Waals surface area contributed by atoms with E-state index in [1.165, 1.54) is 12.1 Å². The molecule has 1 N–H and O–H groups in total. The summed E-state index contributed by atoms with van der Waals surface area (Å²) in [5.41, 5.74) is 4.00. The Morgan fingerprint density at radius 1 is 1.11 bits per heavy atom. The number of ether oxygens (including phenoxy) is 1. The molecule has 1 aliphatic heterocycles. The predicted molar refractivity (Wildman–Crippen MR) is 147 cm³/mol. The Kier molecular flexibility index (Phi) is 8.36. The van der Waals surface area contributed by atoms with E-state index in [1.807, 2.05) is 26.0 Å². The number of hydrogen-bond donors (Lipinski definition) is 1. The molecule has 0 radical (unpaired) electrons. The van der Waals surface area contributed by atoms with Gasteiger partial charge in [-0.05, 0) is 106 Å². The van der Waals surface area contributed by atoms with E-state index in [0.717, 1.165) is 38.3 Å². The molecule has 0 aromatic heterocycles. The van der Waals surface area contributed by atoms with Gasteiger partial charge in [0.15, 0.2) is 6.61 Å². The number of anilines is 1. The third-order valence-electron chi connectivity index (χ3n) is 5.62.